The minimum absolute atomic E-state index is 0.245. The Kier molecular flexibility index (Phi) is 4.26. The minimum atomic E-state index is 0.245. The molecule has 1 atom stereocenters. The van der Waals surface area contributed by atoms with Gasteiger partial charge in [0, 0.05) is 25.2 Å². The largest absolute Gasteiger partial charge is 0.330 e. The van der Waals surface area contributed by atoms with Gasteiger partial charge in [-0.15, -0.1) is 0 Å². The third-order valence-corrected chi connectivity index (χ3v) is 2.13. The molecule has 0 bridgehead atoms. The van der Waals surface area contributed by atoms with Crippen LogP contribution in [0.4, 0.5) is 0 Å². The van der Waals surface area contributed by atoms with Crippen LogP contribution in [0.5, 0.6) is 0 Å². The van der Waals surface area contributed by atoms with Gasteiger partial charge < -0.3 is 5.73 Å². The quantitative estimate of drug-likeness (QED) is 0.762. The maximum Gasteiger partial charge on any atom is 0.137 e. The zero-order valence-electron chi connectivity index (χ0n) is 8.44. The van der Waals surface area contributed by atoms with Crippen LogP contribution in [0.25, 0.3) is 0 Å². The Balaban J connectivity index is 2.42. The molecule has 14 heavy (non-hydrogen) atoms. The molecule has 0 spiro atoms. The summed E-state index contributed by atoms with van der Waals surface area (Å²) in [5.41, 5.74) is 6.47. The SMILES string of the molecule is CC(CN)CC(=O)Cc1ccncc1. The molecule has 0 amide bonds. The first kappa shape index (κ1) is 10.9. The second-order valence-electron chi connectivity index (χ2n) is 3.62. The molecule has 0 aromatic carbocycles. The van der Waals surface area contributed by atoms with E-state index in [1.54, 1.807) is 12.4 Å². The molecule has 3 nitrogen and oxygen atoms in total. The van der Waals surface area contributed by atoms with Crippen LogP contribution < -0.4 is 5.73 Å². The number of hydrogen-bond acceptors (Lipinski definition) is 3. The first-order valence-electron chi connectivity index (χ1n) is 4.83. The number of carbonyl (C=O) groups excluding carboxylic acids is 1. The van der Waals surface area contributed by atoms with E-state index in [9.17, 15) is 4.79 Å². The van der Waals surface area contributed by atoms with Gasteiger partial charge >= 0.3 is 0 Å². The highest BCUT2D eigenvalue weighted by molar-refractivity contribution is 5.80. The maximum atomic E-state index is 11.5. The van der Waals surface area contributed by atoms with E-state index in [1.807, 2.05) is 19.1 Å². The van der Waals surface area contributed by atoms with E-state index in [4.69, 9.17) is 5.73 Å². The van der Waals surface area contributed by atoms with Crippen molar-refractivity contribution in [2.24, 2.45) is 11.7 Å². The summed E-state index contributed by atoms with van der Waals surface area (Å²) in [7, 11) is 0. The molecular formula is C11H16N2O. The van der Waals surface area contributed by atoms with E-state index >= 15 is 0 Å². The normalized spacial score (nSPS) is 12.4. The highest BCUT2D eigenvalue weighted by Gasteiger charge is 2.07. The molecule has 1 heterocycles. The zero-order valence-corrected chi connectivity index (χ0v) is 8.44. The van der Waals surface area contributed by atoms with Gasteiger partial charge in [-0.25, -0.2) is 0 Å². The van der Waals surface area contributed by atoms with Crippen LogP contribution in [-0.2, 0) is 11.2 Å². The van der Waals surface area contributed by atoms with E-state index in [1.165, 1.54) is 0 Å². The Morgan fingerprint density at radius 1 is 1.50 bits per heavy atom. The Hall–Kier alpha value is -1.22. The van der Waals surface area contributed by atoms with Crippen molar-refractivity contribution in [3.05, 3.63) is 30.1 Å². The second kappa shape index (κ2) is 5.50. The number of carbonyl (C=O) groups is 1. The van der Waals surface area contributed by atoms with Crippen molar-refractivity contribution in [3.8, 4) is 0 Å². The summed E-state index contributed by atoms with van der Waals surface area (Å²) >= 11 is 0. The Labute approximate surface area is 84.3 Å². The Bertz CT molecular complexity index is 285. The highest BCUT2D eigenvalue weighted by Crippen LogP contribution is 2.05. The van der Waals surface area contributed by atoms with Crippen molar-refractivity contribution in [2.75, 3.05) is 6.54 Å². The van der Waals surface area contributed by atoms with E-state index in [0.29, 0.717) is 19.4 Å². The number of rotatable bonds is 5. The Morgan fingerprint density at radius 3 is 2.71 bits per heavy atom. The molecule has 1 unspecified atom stereocenters. The summed E-state index contributed by atoms with van der Waals surface area (Å²) in [6.45, 7) is 2.56. The predicted molar refractivity (Wildman–Crippen MR) is 55.8 cm³/mol. The zero-order chi connectivity index (χ0) is 10.4. The van der Waals surface area contributed by atoms with E-state index in [0.717, 1.165) is 5.56 Å². The van der Waals surface area contributed by atoms with Gasteiger partial charge in [0.05, 0.1) is 0 Å². The van der Waals surface area contributed by atoms with Crippen molar-refractivity contribution < 1.29 is 4.79 Å². The fraction of sp³-hybridized carbons (Fsp3) is 0.455. The molecule has 0 fully saturated rings. The van der Waals surface area contributed by atoms with Crippen LogP contribution in [0.2, 0.25) is 0 Å². The van der Waals surface area contributed by atoms with Gasteiger partial charge in [-0.2, -0.15) is 0 Å². The van der Waals surface area contributed by atoms with Crippen LogP contribution in [-0.4, -0.2) is 17.3 Å². The summed E-state index contributed by atoms with van der Waals surface area (Å²) in [6.07, 6.45) is 4.47. The molecule has 3 heteroatoms. The number of nitrogens with two attached hydrogens (primary N) is 1. The lowest BCUT2D eigenvalue weighted by atomic mass is 10.0. The topological polar surface area (TPSA) is 56.0 Å². The average molecular weight is 192 g/mol. The molecule has 0 saturated heterocycles. The van der Waals surface area contributed by atoms with Crippen molar-refractivity contribution in [1.82, 2.24) is 4.98 Å². The molecule has 0 radical (unpaired) electrons. The molecule has 0 saturated carbocycles. The molecule has 0 aliphatic heterocycles. The summed E-state index contributed by atoms with van der Waals surface area (Å²) in [5, 5.41) is 0. The van der Waals surface area contributed by atoms with E-state index in [-0.39, 0.29) is 11.7 Å². The lowest BCUT2D eigenvalue weighted by Gasteiger charge is -2.06. The van der Waals surface area contributed by atoms with Gasteiger partial charge in [-0.3, -0.25) is 9.78 Å². The summed E-state index contributed by atoms with van der Waals surface area (Å²) in [5.74, 6) is 0.526. The molecule has 1 aromatic heterocycles. The third kappa shape index (κ3) is 3.66. The van der Waals surface area contributed by atoms with Gasteiger partial charge in [-0.05, 0) is 30.2 Å². The van der Waals surface area contributed by atoms with Crippen LogP contribution in [0.15, 0.2) is 24.5 Å². The molecule has 1 rings (SSSR count). The third-order valence-electron chi connectivity index (χ3n) is 2.13. The minimum Gasteiger partial charge on any atom is -0.330 e. The molecule has 1 aromatic rings. The van der Waals surface area contributed by atoms with E-state index < -0.39 is 0 Å². The number of nitrogens with zero attached hydrogens (tertiary/aromatic N) is 1. The van der Waals surface area contributed by atoms with Crippen LogP contribution >= 0.6 is 0 Å². The fourth-order valence-electron chi connectivity index (χ4n) is 1.27. The first-order chi connectivity index (χ1) is 6.72. The van der Waals surface area contributed by atoms with Gasteiger partial charge in [0.1, 0.15) is 5.78 Å². The molecule has 0 aliphatic rings. The average Bonchev–Trinajstić information content (AvgIpc) is 2.19. The smallest absolute Gasteiger partial charge is 0.137 e. The Morgan fingerprint density at radius 2 is 2.14 bits per heavy atom. The van der Waals surface area contributed by atoms with Crippen LogP contribution in [0.3, 0.4) is 0 Å². The number of ketones is 1. The lowest BCUT2D eigenvalue weighted by molar-refractivity contribution is -0.119. The monoisotopic (exact) mass is 192 g/mol. The fourth-order valence-corrected chi connectivity index (χ4v) is 1.27. The van der Waals surface area contributed by atoms with Gasteiger partial charge in [0.25, 0.3) is 0 Å². The van der Waals surface area contributed by atoms with E-state index in [2.05, 4.69) is 4.98 Å². The van der Waals surface area contributed by atoms with Gasteiger partial charge in [0.2, 0.25) is 0 Å². The molecular weight excluding hydrogens is 176 g/mol. The maximum absolute atomic E-state index is 11.5. The van der Waals surface area contributed by atoms with Crippen LogP contribution in [0.1, 0.15) is 18.9 Å². The molecule has 76 valence electrons. The summed E-state index contributed by atoms with van der Waals surface area (Å²) in [4.78, 5) is 15.4. The van der Waals surface area contributed by atoms with Crippen molar-refractivity contribution in [1.29, 1.82) is 0 Å². The van der Waals surface area contributed by atoms with Gasteiger partial charge in [0.15, 0.2) is 0 Å². The number of hydrogen-bond donors (Lipinski definition) is 1. The number of pyridine rings is 1. The van der Waals surface area contributed by atoms with Crippen molar-refractivity contribution >= 4 is 5.78 Å². The standard InChI is InChI=1S/C11H16N2O/c1-9(8-12)6-11(14)7-10-2-4-13-5-3-10/h2-5,9H,6-8,12H2,1H3. The van der Waals surface area contributed by atoms with Crippen LogP contribution in [0, 0.1) is 5.92 Å². The van der Waals surface area contributed by atoms with Gasteiger partial charge in [-0.1, -0.05) is 6.92 Å². The lowest BCUT2D eigenvalue weighted by Crippen LogP contribution is -2.16. The first-order valence-corrected chi connectivity index (χ1v) is 4.83. The summed E-state index contributed by atoms with van der Waals surface area (Å²) < 4.78 is 0. The number of Topliss-reactive ketones (excluding diaryl/α,β-unsaturated/α-hetero) is 1. The predicted octanol–water partition coefficient (Wildman–Crippen LogP) is 1.18. The summed E-state index contributed by atoms with van der Waals surface area (Å²) in [6, 6.07) is 3.73. The second-order valence-corrected chi connectivity index (χ2v) is 3.62. The molecule has 0 aliphatic carbocycles. The number of aromatic nitrogens is 1. The van der Waals surface area contributed by atoms with Crippen molar-refractivity contribution in [2.45, 2.75) is 19.8 Å². The van der Waals surface area contributed by atoms with Crippen molar-refractivity contribution in [3.63, 3.8) is 0 Å². The molecule has 2 N–H and O–H groups in total. The highest BCUT2D eigenvalue weighted by atomic mass is 16.1.